The second-order valence-electron chi connectivity index (χ2n) is 2.86. The van der Waals surface area contributed by atoms with Crippen LogP contribution in [0.25, 0.3) is 0 Å². The van der Waals surface area contributed by atoms with Crippen molar-refractivity contribution >= 4 is 35.0 Å². The highest BCUT2D eigenvalue weighted by molar-refractivity contribution is 7.99. The van der Waals surface area contributed by atoms with Crippen LogP contribution in [0, 0.1) is 0 Å². The fourth-order valence-corrected chi connectivity index (χ4v) is 2.93. The van der Waals surface area contributed by atoms with Gasteiger partial charge in [-0.2, -0.15) is 0 Å². The van der Waals surface area contributed by atoms with E-state index in [4.69, 9.17) is 23.2 Å². The van der Waals surface area contributed by atoms with E-state index in [-0.39, 0.29) is 5.28 Å². The Labute approximate surface area is 91.1 Å². The summed E-state index contributed by atoms with van der Waals surface area (Å²) in [7, 11) is 0. The highest BCUT2D eigenvalue weighted by Crippen LogP contribution is 2.33. The van der Waals surface area contributed by atoms with E-state index in [9.17, 15) is 0 Å². The molecule has 0 saturated carbocycles. The van der Waals surface area contributed by atoms with Crippen molar-refractivity contribution in [2.75, 3.05) is 5.75 Å². The summed E-state index contributed by atoms with van der Waals surface area (Å²) in [6.45, 7) is 0. The average molecular weight is 235 g/mol. The lowest BCUT2D eigenvalue weighted by molar-refractivity contribution is 0.777. The van der Waals surface area contributed by atoms with Crippen molar-refractivity contribution < 1.29 is 0 Å². The van der Waals surface area contributed by atoms with E-state index in [2.05, 4.69) is 9.97 Å². The molecule has 1 aromatic heterocycles. The van der Waals surface area contributed by atoms with Crippen LogP contribution in [-0.4, -0.2) is 15.7 Å². The highest BCUT2D eigenvalue weighted by Gasteiger charge is 2.15. The average Bonchev–Trinajstić information content (AvgIpc) is 2.28. The molecule has 0 spiro atoms. The second kappa shape index (κ2) is 4.03. The van der Waals surface area contributed by atoms with Gasteiger partial charge in [0.2, 0.25) is 5.28 Å². The van der Waals surface area contributed by atoms with Crippen LogP contribution in [0.2, 0.25) is 10.4 Å². The van der Waals surface area contributed by atoms with Crippen molar-refractivity contribution in [3.63, 3.8) is 0 Å². The van der Waals surface area contributed by atoms with Crippen LogP contribution in [0.3, 0.4) is 0 Å². The van der Waals surface area contributed by atoms with Crippen molar-refractivity contribution in [1.82, 2.24) is 9.97 Å². The first-order valence-corrected chi connectivity index (χ1v) is 5.86. The third-order valence-corrected chi connectivity index (χ3v) is 3.69. The molecule has 0 radical (unpaired) electrons. The summed E-state index contributed by atoms with van der Waals surface area (Å²) < 4.78 is 0. The molecule has 0 bridgehead atoms. The topological polar surface area (TPSA) is 25.8 Å². The molecule has 1 aliphatic rings. The van der Waals surface area contributed by atoms with Gasteiger partial charge < -0.3 is 0 Å². The molecule has 0 unspecified atom stereocenters. The number of aryl methyl sites for hydroxylation is 1. The molecule has 2 rings (SSSR count). The van der Waals surface area contributed by atoms with Crippen LogP contribution in [0.1, 0.15) is 18.5 Å². The zero-order chi connectivity index (χ0) is 9.26. The number of thioether (sulfide) groups is 1. The smallest absolute Gasteiger partial charge is 0.222 e. The number of fused-ring (bicyclic) bond motifs is 1. The van der Waals surface area contributed by atoms with Crippen molar-refractivity contribution in [3.8, 4) is 0 Å². The van der Waals surface area contributed by atoms with Gasteiger partial charge in [0, 0.05) is 0 Å². The van der Waals surface area contributed by atoms with Gasteiger partial charge in [0.25, 0.3) is 0 Å². The van der Waals surface area contributed by atoms with E-state index < -0.39 is 0 Å². The van der Waals surface area contributed by atoms with Crippen molar-refractivity contribution in [2.24, 2.45) is 0 Å². The van der Waals surface area contributed by atoms with Gasteiger partial charge in [0.15, 0.2) is 0 Å². The van der Waals surface area contributed by atoms with Gasteiger partial charge in [0.05, 0.1) is 10.6 Å². The quantitative estimate of drug-likeness (QED) is 0.510. The normalized spacial score (nSPS) is 16.5. The maximum Gasteiger partial charge on any atom is 0.224 e. The van der Waals surface area contributed by atoms with Crippen LogP contribution in [0.15, 0.2) is 4.90 Å². The molecule has 2 heterocycles. The maximum atomic E-state index is 5.96. The van der Waals surface area contributed by atoms with Gasteiger partial charge in [-0.25, -0.2) is 9.97 Å². The predicted molar refractivity (Wildman–Crippen MR) is 55.7 cm³/mol. The fourth-order valence-electron chi connectivity index (χ4n) is 1.32. The Balaban J connectivity index is 2.47. The Morgan fingerprint density at radius 3 is 2.85 bits per heavy atom. The molecule has 13 heavy (non-hydrogen) atoms. The molecule has 0 N–H and O–H groups in total. The Kier molecular flexibility index (Phi) is 2.96. The summed E-state index contributed by atoms with van der Waals surface area (Å²) in [6, 6.07) is 0. The minimum Gasteiger partial charge on any atom is -0.222 e. The molecule has 0 aromatic carbocycles. The number of aromatic nitrogens is 2. The van der Waals surface area contributed by atoms with Crippen molar-refractivity contribution in [3.05, 3.63) is 16.1 Å². The summed E-state index contributed by atoms with van der Waals surface area (Å²) in [5, 5.41) is 0.758. The fraction of sp³-hybridized carbons (Fsp3) is 0.500. The molecule has 1 aliphatic heterocycles. The van der Waals surface area contributed by atoms with Crippen LogP contribution < -0.4 is 0 Å². The number of halogens is 2. The zero-order valence-electron chi connectivity index (χ0n) is 6.89. The number of rotatable bonds is 0. The standard InChI is InChI=1S/C8H8Cl2N2S/c9-7-6-5(11-8(10)12-7)3-1-2-4-13-6/h1-4H2. The van der Waals surface area contributed by atoms with Crippen molar-refractivity contribution in [2.45, 2.75) is 24.2 Å². The lowest BCUT2D eigenvalue weighted by atomic mass is 10.2. The molecule has 0 fully saturated rings. The third kappa shape index (κ3) is 2.09. The van der Waals surface area contributed by atoms with Gasteiger partial charge in [0.1, 0.15) is 5.15 Å². The SMILES string of the molecule is Clc1nc(Cl)c2c(n1)CCCCS2. The van der Waals surface area contributed by atoms with E-state index in [0.717, 1.165) is 29.2 Å². The Morgan fingerprint density at radius 1 is 1.15 bits per heavy atom. The molecular formula is C8H8Cl2N2S. The molecule has 1 aromatic rings. The number of hydrogen-bond donors (Lipinski definition) is 0. The molecule has 5 heteroatoms. The summed E-state index contributed by atoms with van der Waals surface area (Å²) in [5.74, 6) is 1.09. The van der Waals surface area contributed by atoms with Crippen LogP contribution in [0.4, 0.5) is 0 Å². The molecule has 70 valence electrons. The molecule has 0 atom stereocenters. The van der Waals surface area contributed by atoms with Gasteiger partial charge in [-0.05, 0) is 36.6 Å². The van der Waals surface area contributed by atoms with Crippen molar-refractivity contribution in [1.29, 1.82) is 0 Å². The number of nitrogens with zero attached hydrogens (tertiary/aromatic N) is 2. The van der Waals surface area contributed by atoms with Gasteiger partial charge >= 0.3 is 0 Å². The van der Waals surface area contributed by atoms with E-state index in [1.807, 2.05) is 0 Å². The van der Waals surface area contributed by atoms with Crippen LogP contribution in [-0.2, 0) is 6.42 Å². The van der Waals surface area contributed by atoms with Gasteiger partial charge in [-0.3, -0.25) is 0 Å². The van der Waals surface area contributed by atoms with Gasteiger partial charge in [-0.15, -0.1) is 11.8 Å². The summed E-state index contributed by atoms with van der Waals surface area (Å²) in [4.78, 5) is 9.13. The van der Waals surface area contributed by atoms with E-state index >= 15 is 0 Å². The Bertz CT molecular complexity index is 330. The molecule has 0 saturated heterocycles. The Hall–Kier alpha value is 0.01000. The largest absolute Gasteiger partial charge is 0.224 e. The predicted octanol–water partition coefficient (Wildman–Crippen LogP) is 3.21. The third-order valence-electron chi connectivity index (χ3n) is 1.92. The lowest BCUT2D eigenvalue weighted by Crippen LogP contribution is -1.95. The zero-order valence-corrected chi connectivity index (χ0v) is 9.22. The van der Waals surface area contributed by atoms with Gasteiger partial charge in [-0.1, -0.05) is 11.6 Å². The molecule has 0 aliphatic carbocycles. The minimum absolute atomic E-state index is 0.256. The highest BCUT2D eigenvalue weighted by atomic mass is 35.5. The number of hydrogen-bond acceptors (Lipinski definition) is 3. The first-order valence-electron chi connectivity index (χ1n) is 4.12. The summed E-state index contributed by atoms with van der Waals surface area (Å²) >= 11 is 13.4. The summed E-state index contributed by atoms with van der Waals surface area (Å²) in [6.07, 6.45) is 3.32. The van der Waals surface area contributed by atoms with Crippen LogP contribution in [0.5, 0.6) is 0 Å². The van der Waals surface area contributed by atoms with E-state index in [1.54, 1.807) is 11.8 Å². The monoisotopic (exact) mass is 234 g/mol. The Morgan fingerprint density at radius 2 is 2.00 bits per heavy atom. The lowest BCUT2D eigenvalue weighted by Gasteiger charge is -2.04. The minimum atomic E-state index is 0.256. The van der Waals surface area contributed by atoms with E-state index in [0.29, 0.717) is 5.15 Å². The first kappa shape index (κ1) is 9.56. The molecule has 0 amide bonds. The van der Waals surface area contributed by atoms with Crippen LogP contribution >= 0.6 is 35.0 Å². The first-order chi connectivity index (χ1) is 6.27. The van der Waals surface area contributed by atoms with E-state index in [1.165, 1.54) is 6.42 Å². The molecular weight excluding hydrogens is 227 g/mol. The second-order valence-corrected chi connectivity index (χ2v) is 4.67. The molecule has 2 nitrogen and oxygen atoms in total. The summed E-state index contributed by atoms with van der Waals surface area (Å²) in [5.41, 5.74) is 1.01. The maximum absolute atomic E-state index is 5.96.